The molecule has 28 heavy (non-hydrogen) atoms. The summed E-state index contributed by atoms with van der Waals surface area (Å²) in [6.45, 7) is 0.176. The van der Waals surface area contributed by atoms with Gasteiger partial charge in [-0.15, -0.1) is 0 Å². The highest BCUT2D eigenvalue weighted by Crippen LogP contribution is 2.35. The second-order valence-corrected chi connectivity index (χ2v) is 6.25. The van der Waals surface area contributed by atoms with Gasteiger partial charge in [-0.25, -0.2) is 0 Å². The van der Waals surface area contributed by atoms with E-state index in [-0.39, 0.29) is 18.9 Å². The molecule has 1 saturated heterocycles. The third-order valence-electron chi connectivity index (χ3n) is 4.51. The van der Waals surface area contributed by atoms with Crippen molar-refractivity contribution in [3.05, 3.63) is 54.1 Å². The highest BCUT2D eigenvalue weighted by atomic mass is 16.5. The minimum atomic E-state index is -0.598. The molecule has 1 aliphatic heterocycles. The van der Waals surface area contributed by atoms with Gasteiger partial charge in [0.2, 0.25) is 11.8 Å². The SMILES string of the molecule is COc1ccc(OC)c(N2CC(C(=O)NNC(=O)c3ccccc3)CC2=O)c1. The second-order valence-electron chi connectivity index (χ2n) is 6.25. The predicted molar refractivity (Wildman–Crippen MR) is 102 cm³/mol. The molecule has 1 fully saturated rings. The zero-order valence-electron chi connectivity index (χ0n) is 15.6. The Labute approximate surface area is 162 Å². The summed E-state index contributed by atoms with van der Waals surface area (Å²) in [6, 6.07) is 13.6. The number of benzene rings is 2. The summed E-state index contributed by atoms with van der Waals surface area (Å²) in [7, 11) is 3.04. The fourth-order valence-corrected chi connectivity index (χ4v) is 3.01. The number of rotatable bonds is 5. The molecule has 3 amide bonds. The minimum Gasteiger partial charge on any atom is -0.497 e. The van der Waals surface area contributed by atoms with Crippen molar-refractivity contribution in [1.82, 2.24) is 10.9 Å². The Bertz CT molecular complexity index is 885. The lowest BCUT2D eigenvalue weighted by molar-refractivity contribution is -0.126. The Balaban J connectivity index is 1.66. The Kier molecular flexibility index (Phi) is 5.78. The molecular weight excluding hydrogens is 362 g/mol. The first-order chi connectivity index (χ1) is 13.5. The molecule has 2 N–H and O–H groups in total. The molecule has 1 atom stereocenters. The lowest BCUT2D eigenvalue weighted by Gasteiger charge is -2.20. The fourth-order valence-electron chi connectivity index (χ4n) is 3.01. The maximum Gasteiger partial charge on any atom is 0.269 e. The number of nitrogens with one attached hydrogen (secondary N) is 2. The third kappa shape index (κ3) is 4.06. The third-order valence-corrected chi connectivity index (χ3v) is 4.51. The average Bonchev–Trinajstić information content (AvgIpc) is 3.13. The molecular formula is C20H21N3O5. The lowest BCUT2D eigenvalue weighted by Crippen LogP contribution is -2.45. The topological polar surface area (TPSA) is 97.0 Å². The maximum absolute atomic E-state index is 12.5. The van der Waals surface area contributed by atoms with Gasteiger partial charge in [0, 0.05) is 24.6 Å². The van der Waals surface area contributed by atoms with Crippen LogP contribution < -0.4 is 25.2 Å². The van der Waals surface area contributed by atoms with Crippen molar-refractivity contribution in [3.63, 3.8) is 0 Å². The molecule has 146 valence electrons. The molecule has 2 aromatic rings. The number of anilines is 1. The van der Waals surface area contributed by atoms with Gasteiger partial charge in [-0.2, -0.15) is 0 Å². The highest BCUT2D eigenvalue weighted by Gasteiger charge is 2.36. The van der Waals surface area contributed by atoms with E-state index >= 15 is 0 Å². The number of carbonyl (C=O) groups is 3. The van der Waals surface area contributed by atoms with Crippen LogP contribution in [0.3, 0.4) is 0 Å². The number of methoxy groups -OCH3 is 2. The molecule has 1 heterocycles. The number of hydrazine groups is 1. The van der Waals surface area contributed by atoms with E-state index in [1.165, 1.54) is 19.1 Å². The summed E-state index contributed by atoms with van der Waals surface area (Å²) < 4.78 is 10.5. The molecule has 3 rings (SSSR count). The van der Waals surface area contributed by atoms with Crippen LogP contribution in [0, 0.1) is 5.92 Å². The molecule has 0 spiro atoms. The van der Waals surface area contributed by atoms with Crippen LogP contribution in [-0.2, 0) is 9.59 Å². The van der Waals surface area contributed by atoms with E-state index in [4.69, 9.17) is 9.47 Å². The van der Waals surface area contributed by atoms with Gasteiger partial charge in [-0.05, 0) is 24.3 Å². The number of nitrogens with zero attached hydrogens (tertiary/aromatic N) is 1. The quantitative estimate of drug-likeness (QED) is 0.763. The first-order valence-electron chi connectivity index (χ1n) is 8.71. The second kappa shape index (κ2) is 8.43. The monoisotopic (exact) mass is 383 g/mol. The summed E-state index contributed by atoms with van der Waals surface area (Å²) >= 11 is 0. The van der Waals surface area contributed by atoms with E-state index in [1.54, 1.807) is 48.5 Å². The van der Waals surface area contributed by atoms with Gasteiger partial charge in [0.15, 0.2) is 0 Å². The van der Waals surface area contributed by atoms with E-state index < -0.39 is 17.7 Å². The van der Waals surface area contributed by atoms with Gasteiger partial charge in [0.25, 0.3) is 5.91 Å². The van der Waals surface area contributed by atoms with Crippen LogP contribution in [0.5, 0.6) is 11.5 Å². The van der Waals surface area contributed by atoms with Crippen LogP contribution in [0.2, 0.25) is 0 Å². The predicted octanol–water partition coefficient (Wildman–Crippen LogP) is 1.52. The summed E-state index contributed by atoms with van der Waals surface area (Å²) in [5.74, 6) is -0.577. The molecule has 0 aromatic heterocycles. The Hall–Kier alpha value is -3.55. The Morgan fingerprint density at radius 3 is 2.46 bits per heavy atom. The largest absolute Gasteiger partial charge is 0.497 e. The van der Waals surface area contributed by atoms with Crippen molar-refractivity contribution in [2.45, 2.75) is 6.42 Å². The summed E-state index contributed by atoms with van der Waals surface area (Å²) in [4.78, 5) is 38.4. The summed E-state index contributed by atoms with van der Waals surface area (Å²) in [6.07, 6.45) is 0.0351. The van der Waals surface area contributed by atoms with E-state index in [9.17, 15) is 14.4 Å². The van der Waals surface area contributed by atoms with E-state index in [2.05, 4.69) is 10.9 Å². The van der Waals surface area contributed by atoms with Gasteiger partial charge in [0.1, 0.15) is 11.5 Å². The van der Waals surface area contributed by atoms with Gasteiger partial charge >= 0.3 is 0 Å². The Morgan fingerprint density at radius 2 is 1.79 bits per heavy atom. The lowest BCUT2D eigenvalue weighted by atomic mass is 10.1. The van der Waals surface area contributed by atoms with E-state index in [0.29, 0.717) is 22.7 Å². The van der Waals surface area contributed by atoms with Crippen molar-refractivity contribution >= 4 is 23.4 Å². The molecule has 0 saturated carbocycles. The van der Waals surface area contributed by atoms with Crippen molar-refractivity contribution < 1.29 is 23.9 Å². The van der Waals surface area contributed by atoms with Gasteiger partial charge in [-0.3, -0.25) is 25.2 Å². The molecule has 8 nitrogen and oxygen atoms in total. The zero-order chi connectivity index (χ0) is 20.1. The molecule has 1 unspecified atom stereocenters. The minimum absolute atomic E-state index is 0.0351. The molecule has 0 radical (unpaired) electrons. The summed E-state index contributed by atoms with van der Waals surface area (Å²) in [5, 5.41) is 0. The summed E-state index contributed by atoms with van der Waals surface area (Å²) in [5.41, 5.74) is 5.73. The first-order valence-corrected chi connectivity index (χ1v) is 8.71. The van der Waals surface area contributed by atoms with Gasteiger partial charge in [0.05, 0.1) is 25.8 Å². The van der Waals surface area contributed by atoms with Gasteiger partial charge in [-0.1, -0.05) is 18.2 Å². The molecule has 0 aliphatic carbocycles. The first kappa shape index (κ1) is 19.2. The number of hydrogen-bond donors (Lipinski definition) is 2. The average molecular weight is 383 g/mol. The molecule has 1 aliphatic rings. The smallest absolute Gasteiger partial charge is 0.269 e. The van der Waals surface area contributed by atoms with Crippen LogP contribution in [0.1, 0.15) is 16.8 Å². The van der Waals surface area contributed by atoms with Crippen molar-refractivity contribution in [3.8, 4) is 11.5 Å². The van der Waals surface area contributed by atoms with E-state index in [0.717, 1.165) is 0 Å². The molecule has 2 aromatic carbocycles. The van der Waals surface area contributed by atoms with Crippen LogP contribution in [0.25, 0.3) is 0 Å². The highest BCUT2D eigenvalue weighted by molar-refractivity contribution is 6.02. The van der Waals surface area contributed by atoms with Crippen molar-refractivity contribution in [2.75, 3.05) is 25.7 Å². The van der Waals surface area contributed by atoms with E-state index in [1.807, 2.05) is 0 Å². The van der Waals surface area contributed by atoms with Crippen LogP contribution >= 0.6 is 0 Å². The van der Waals surface area contributed by atoms with Crippen molar-refractivity contribution in [2.24, 2.45) is 5.92 Å². The maximum atomic E-state index is 12.5. The standard InChI is InChI=1S/C20H21N3O5/c1-27-15-8-9-17(28-2)16(11-15)23-12-14(10-18(23)24)20(26)22-21-19(25)13-6-4-3-5-7-13/h3-9,11,14H,10,12H2,1-2H3,(H,21,25)(H,22,26). The Morgan fingerprint density at radius 1 is 1.04 bits per heavy atom. The zero-order valence-corrected chi connectivity index (χ0v) is 15.6. The number of carbonyl (C=O) groups excluding carboxylic acids is 3. The molecule has 8 heteroatoms. The van der Waals surface area contributed by atoms with Gasteiger partial charge < -0.3 is 14.4 Å². The number of amides is 3. The number of ether oxygens (including phenoxy) is 2. The normalized spacial score (nSPS) is 15.9. The van der Waals surface area contributed by atoms with Crippen LogP contribution in [0.4, 0.5) is 5.69 Å². The number of hydrogen-bond acceptors (Lipinski definition) is 5. The van der Waals surface area contributed by atoms with Crippen molar-refractivity contribution in [1.29, 1.82) is 0 Å². The van der Waals surface area contributed by atoms with Crippen LogP contribution in [-0.4, -0.2) is 38.5 Å². The fraction of sp³-hybridized carbons (Fsp3) is 0.250. The van der Waals surface area contributed by atoms with Crippen LogP contribution in [0.15, 0.2) is 48.5 Å². The molecule has 0 bridgehead atoms.